The number of ether oxygens (including phenoxy) is 2. The number of aryl methyl sites for hydroxylation is 2. The quantitative estimate of drug-likeness (QED) is 0.0140. The van der Waals surface area contributed by atoms with Crippen LogP contribution < -0.4 is 21.1 Å². The van der Waals surface area contributed by atoms with Crippen LogP contribution in [0.25, 0.3) is 21.3 Å². The van der Waals surface area contributed by atoms with Crippen LogP contribution in [-0.2, 0) is 25.7 Å². The maximum absolute atomic E-state index is 12.6. The van der Waals surface area contributed by atoms with Gasteiger partial charge in [0.05, 0.1) is 86.7 Å². The first kappa shape index (κ1) is 92.1. The number of unbranched alkanes of at least 4 members (excludes halogenated alkanes) is 18. The molecule has 602 valence electrons. The number of nitrogens with zero attached hydrogens (tertiary/aromatic N) is 4. The van der Waals surface area contributed by atoms with Gasteiger partial charge in [0.15, 0.2) is 23.1 Å². The van der Waals surface area contributed by atoms with E-state index in [0.717, 1.165) is 63.5 Å². The Balaban J connectivity index is 0.000000229. The van der Waals surface area contributed by atoms with Crippen molar-refractivity contribution in [3.63, 3.8) is 0 Å². The summed E-state index contributed by atoms with van der Waals surface area (Å²) in [5, 5.41) is 15.8. The van der Waals surface area contributed by atoms with Crippen LogP contribution >= 0.6 is 22.9 Å². The minimum atomic E-state index is -0.902. The van der Waals surface area contributed by atoms with Crippen molar-refractivity contribution in [2.24, 2.45) is 23.5 Å². The van der Waals surface area contributed by atoms with Gasteiger partial charge in [0, 0.05) is 28.8 Å². The zero-order chi connectivity index (χ0) is 82.6. The van der Waals surface area contributed by atoms with Gasteiger partial charge in [-0.1, -0.05) is 293 Å². The van der Waals surface area contributed by atoms with Crippen LogP contribution in [0, 0.1) is 36.0 Å². The maximum Gasteiger partial charge on any atom is 0.338 e. The molecule has 0 fully saturated rings. The molecule has 0 bridgehead atoms. The number of methoxy groups -OCH3 is 1. The number of nitrogens with one attached hydrogen (secondary N) is 2. The second-order valence-electron chi connectivity index (χ2n) is 28.6. The van der Waals surface area contributed by atoms with E-state index in [0.29, 0.717) is 45.9 Å². The van der Waals surface area contributed by atoms with Crippen LogP contribution in [0.4, 0.5) is 11.4 Å². The summed E-state index contributed by atoms with van der Waals surface area (Å²) in [7, 11) is 1.54. The number of Topliss-reactive ketones (excluding diaryl/α,β-unsaturated/α-hetero) is 4. The number of benzene rings is 8. The van der Waals surface area contributed by atoms with Crippen LogP contribution in [0.5, 0.6) is 5.75 Å². The van der Waals surface area contributed by atoms with Gasteiger partial charge in [0.1, 0.15) is 22.5 Å². The fraction of sp³-hybridized carbons (Fsp3) is 0.379. The van der Waals surface area contributed by atoms with Gasteiger partial charge in [-0.15, -0.1) is 11.3 Å². The third-order valence-electron chi connectivity index (χ3n) is 19.5. The molecular weight excluding hydrogens is 1470 g/mol. The van der Waals surface area contributed by atoms with Gasteiger partial charge < -0.3 is 30.4 Å². The molecular formula is C95H114ClN7O10S. The maximum atomic E-state index is 12.6. The van der Waals surface area contributed by atoms with Crippen molar-refractivity contribution < 1.29 is 47.8 Å². The number of carbonyl (C=O) groups excluding carboxylic acids is 8. The van der Waals surface area contributed by atoms with Crippen LogP contribution in [0.2, 0.25) is 5.02 Å². The van der Waals surface area contributed by atoms with Gasteiger partial charge in [-0.3, -0.25) is 33.6 Å². The standard InChI is InChI=1S/C29H38ClNO4.C22H33N3.C18H19NO3.C16H14O2.C10H10N2OS/c1-3-4-5-6-7-8-9-10-11-15-20-35-29(34)24-18-19-25(30)26(21-24)31-28(33)22(2)27(32)23-16-13-12-14-17-23;1-3-4-5-6-7-8-9-10-11-14-17-25-21-16-13-12-15-20(21)24-22(25)19(2)18-23;1-12-9-10-16(22-3)15(11-12)19-18(21)13(2)17(20)14-7-5-4-6-8-14;1-12(15(17)13-8-4-2-5-9-13)16(18)14-10-6-3-7-11-14;1-6(9(11)13)10-12-7-4-2-3-5-8(7)14-10/h12-14,16-19,21-22H,3-11,15,20H2,1-2H3,(H,31,33);12-13,15-16,19H,3-11,14,17H2,1-2H3;4-11,13H,1-3H3,(H,19,21);2-12H,1H3;2-6H,1H3,(H2,11,13). The Bertz CT molecular complexity index is 4590. The molecule has 114 heavy (non-hydrogen) atoms. The van der Waals surface area contributed by atoms with Gasteiger partial charge >= 0.3 is 5.97 Å². The monoisotopic (exact) mass is 1580 g/mol. The number of amides is 3. The number of nitrogens with two attached hydrogens (primary N) is 1. The summed E-state index contributed by atoms with van der Waals surface area (Å²) in [4.78, 5) is 107. The first-order valence-corrected chi connectivity index (χ1v) is 41.4. The van der Waals surface area contributed by atoms with Crippen LogP contribution in [0.1, 0.15) is 257 Å². The molecule has 0 saturated heterocycles. The van der Waals surface area contributed by atoms with Crippen molar-refractivity contribution in [2.45, 2.75) is 202 Å². The number of carbonyl (C=O) groups is 8. The second-order valence-corrected chi connectivity index (χ2v) is 30.0. The Labute approximate surface area is 683 Å². The van der Waals surface area contributed by atoms with E-state index in [9.17, 15) is 43.6 Å². The van der Waals surface area contributed by atoms with E-state index >= 15 is 0 Å². The van der Waals surface area contributed by atoms with E-state index < -0.39 is 29.6 Å². The van der Waals surface area contributed by atoms with E-state index in [-0.39, 0.29) is 57.5 Å². The second kappa shape index (κ2) is 51.1. The van der Waals surface area contributed by atoms with Gasteiger partial charge in [0.25, 0.3) is 0 Å². The van der Waals surface area contributed by atoms with Crippen molar-refractivity contribution in [1.82, 2.24) is 14.5 Å². The van der Waals surface area contributed by atoms with Crippen LogP contribution in [0.15, 0.2) is 206 Å². The highest BCUT2D eigenvalue weighted by Crippen LogP contribution is 2.30. The van der Waals surface area contributed by atoms with Crippen LogP contribution in [0.3, 0.4) is 0 Å². The molecule has 4 unspecified atom stereocenters. The molecule has 8 aromatic carbocycles. The molecule has 19 heteroatoms. The fourth-order valence-electron chi connectivity index (χ4n) is 12.4. The van der Waals surface area contributed by atoms with Gasteiger partial charge in [-0.2, -0.15) is 5.26 Å². The van der Waals surface area contributed by atoms with E-state index in [4.69, 9.17) is 26.8 Å². The van der Waals surface area contributed by atoms with Crippen molar-refractivity contribution in [1.29, 1.82) is 5.26 Å². The summed E-state index contributed by atoms with van der Waals surface area (Å²) in [6.45, 7) is 16.3. The Hall–Kier alpha value is -10.7. The lowest BCUT2D eigenvalue weighted by Gasteiger charge is -2.14. The van der Waals surface area contributed by atoms with Crippen LogP contribution in [-0.4, -0.2) is 75.1 Å². The summed E-state index contributed by atoms with van der Waals surface area (Å²) < 4.78 is 14.0. The zero-order valence-electron chi connectivity index (χ0n) is 67.8. The Morgan fingerprint density at radius 3 is 1.36 bits per heavy atom. The molecule has 0 spiro atoms. The Morgan fingerprint density at radius 2 is 0.904 bits per heavy atom. The molecule has 4 N–H and O–H groups in total. The molecule has 17 nitrogen and oxygen atoms in total. The number of hydrogen-bond acceptors (Lipinski definition) is 14. The number of para-hydroxylation sites is 3. The number of rotatable bonds is 39. The predicted octanol–water partition coefficient (Wildman–Crippen LogP) is 23.2. The SMILES string of the molecule is CC(C(=O)c1ccccc1)C(=O)c1ccccc1.CC(C(N)=O)c1nc2ccccc2s1.CCCCCCCCCCCCOC(=O)c1ccc(Cl)c(NC(=O)C(C)C(=O)c2ccccc2)c1.CCCCCCCCCCCCn1c(C(C)C#N)nc2ccccc21.COc1ccc(C)cc1NC(=O)C(C)C(=O)c1ccccc1. The van der Waals surface area contributed by atoms with E-state index in [1.54, 1.807) is 144 Å². The highest BCUT2D eigenvalue weighted by Gasteiger charge is 2.27. The average Bonchev–Trinajstić information content (AvgIpc) is 1.65. The van der Waals surface area contributed by atoms with E-state index in [1.807, 2.05) is 86.6 Å². The summed E-state index contributed by atoms with van der Waals surface area (Å²) in [6, 6.07) is 63.7. The number of hydrogen-bond donors (Lipinski definition) is 3. The molecule has 3 amide bonds. The van der Waals surface area contributed by atoms with Crippen molar-refractivity contribution in [3.8, 4) is 11.8 Å². The third kappa shape index (κ3) is 30.6. The molecule has 10 aromatic rings. The molecule has 0 saturated carbocycles. The Morgan fingerprint density at radius 1 is 0.482 bits per heavy atom. The van der Waals surface area contributed by atoms with Crippen molar-refractivity contribution >= 4 is 102 Å². The molecule has 0 radical (unpaired) electrons. The van der Waals surface area contributed by atoms with Crippen molar-refractivity contribution in [3.05, 3.63) is 255 Å². The highest BCUT2D eigenvalue weighted by atomic mass is 35.5. The molecule has 10 rings (SSSR count). The normalized spacial score (nSPS) is 11.7. The minimum Gasteiger partial charge on any atom is -0.495 e. The molecule has 4 atom stereocenters. The number of primary amides is 1. The molecule has 2 aromatic heterocycles. The smallest absolute Gasteiger partial charge is 0.338 e. The largest absolute Gasteiger partial charge is 0.495 e. The number of thiazole rings is 1. The Kier molecular flexibility index (Phi) is 41.3. The lowest BCUT2D eigenvalue weighted by molar-refractivity contribution is -0.119. The van der Waals surface area contributed by atoms with E-state index in [1.165, 1.54) is 133 Å². The first-order chi connectivity index (χ1) is 55.1. The summed E-state index contributed by atoms with van der Waals surface area (Å²) in [5.74, 6) is -3.67. The summed E-state index contributed by atoms with van der Waals surface area (Å²) in [5.41, 5.74) is 12.6. The first-order valence-electron chi connectivity index (χ1n) is 40.2. The number of esters is 1. The molecule has 0 aliphatic rings. The zero-order valence-corrected chi connectivity index (χ0v) is 69.4. The number of ketones is 4. The van der Waals surface area contributed by atoms with Gasteiger partial charge in [0.2, 0.25) is 17.7 Å². The topological polar surface area (TPSA) is 260 Å². The lowest BCUT2D eigenvalue weighted by Crippen LogP contribution is -2.27. The number of nitriles is 1. The third-order valence-corrected chi connectivity index (χ3v) is 21.1. The number of anilines is 2. The fourth-order valence-corrected chi connectivity index (χ4v) is 13.6. The molecule has 2 heterocycles. The average molecular weight is 1580 g/mol. The lowest BCUT2D eigenvalue weighted by atomic mass is 9.92. The number of fused-ring (bicyclic) bond motifs is 2. The number of imidazole rings is 1. The van der Waals surface area contributed by atoms with Gasteiger partial charge in [-0.25, -0.2) is 14.8 Å². The number of aromatic nitrogens is 3. The van der Waals surface area contributed by atoms with Crippen molar-refractivity contribution in [2.75, 3.05) is 24.4 Å². The number of halogens is 1. The molecule has 0 aliphatic heterocycles. The van der Waals surface area contributed by atoms with E-state index in [2.05, 4.69) is 57.2 Å². The predicted molar refractivity (Wildman–Crippen MR) is 462 cm³/mol. The summed E-state index contributed by atoms with van der Waals surface area (Å²) >= 11 is 7.74. The molecule has 0 aliphatic carbocycles. The van der Waals surface area contributed by atoms with Gasteiger partial charge in [-0.05, 0) is 115 Å². The highest BCUT2D eigenvalue weighted by molar-refractivity contribution is 7.18. The summed E-state index contributed by atoms with van der Waals surface area (Å²) in [6.07, 6.45) is 25.6. The minimum absolute atomic E-state index is 0.135.